The fourth-order valence-electron chi connectivity index (χ4n) is 4.25. The van der Waals surface area contributed by atoms with E-state index in [0.717, 1.165) is 0 Å². The second kappa shape index (κ2) is 7.33. The number of hydrogen-bond donors (Lipinski definition) is 0. The van der Waals surface area contributed by atoms with Crippen LogP contribution in [-0.2, 0) is 47.4 Å². The van der Waals surface area contributed by atoms with Gasteiger partial charge in [0.05, 0.1) is 19.3 Å². The molecule has 0 unspecified atom stereocenters. The molecular weight excluding hydrogens is 392 g/mol. The molecule has 4 heterocycles. The number of rotatable bonds is 5. The summed E-state index contributed by atoms with van der Waals surface area (Å²) < 4.78 is 50.5. The first kappa shape index (κ1) is 20.8. The van der Waals surface area contributed by atoms with Crippen molar-refractivity contribution in [3.8, 4) is 0 Å². The lowest BCUT2D eigenvalue weighted by Gasteiger charge is -2.39. The molecule has 4 aliphatic rings. The number of esters is 1. The van der Waals surface area contributed by atoms with Gasteiger partial charge in [0.15, 0.2) is 36.7 Å². The van der Waals surface area contributed by atoms with Gasteiger partial charge in [0.25, 0.3) is 0 Å². The summed E-state index contributed by atoms with van der Waals surface area (Å²) >= 11 is 0. The minimum absolute atomic E-state index is 0.0390. The summed E-state index contributed by atoms with van der Waals surface area (Å²) in [7, 11) is 1.53. The van der Waals surface area contributed by atoms with E-state index in [0.29, 0.717) is 0 Å². The first-order valence-electron chi connectivity index (χ1n) is 9.48. The Balaban J connectivity index is 1.48. The van der Waals surface area contributed by atoms with Crippen molar-refractivity contribution in [3.63, 3.8) is 0 Å². The second-order valence-corrected chi connectivity index (χ2v) is 8.03. The van der Waals surface area contributed by atoms with E-state index < -0.39 is 66.6 Å². The van der Waals surface area contributed by atoms with E-state index in [9.17, 15) is 9.59 Å². The summed E-state index contributed by atoms with van der Waals surface area (Å²) in [5, 5.41) is 0. The highest BCUT2D eigenvalue weighted by Gasteiger charge is 2.63. The number of carbonyl (C=O) groups is 2. The molecule has 0 aromatic carbocycles. The van der Waals surface area contributed by atoms with E-state index >= 15 is 0 Å². The summed E-state index contributed by atoms with van der Waals surface area (Å²) in [6, 6.07) is 0. The highest BCUT2D eigenvalue weighted by molar-refractivity contribution is 5.67. The molecule has 11 heteroatoms. The molecule has 0 aromatic rings. The topological polar surface area (TPSA) is 117 Å². The van der Waals surface area contributed by atoms with E-state index in [2.05, 4.69) is 0 Å². The minimum Gasteiger partial charge on any atom is -0.456 e. The summed E-state index contributed by atoms with van der Waals surface area (Å²) in [4.78, 5) is 23.1. The smallest absolute Gasteiger partial charge is 0.456 e. The monoisotopic (exact) mass is 418 g/mol. The van der Waals surface area contributed by atoms with E-state index in [4.69, 9.17) is 42.6 Å². The third-order valence-corrected chi connectivity index (χ3v) is 5.34. The molecule has 4 rings (SSSR count). The minimum atomic E-state index is -0.947. The molecule has 4 aliphatic heterocycles. The van der Waals surface area contributed by atoms with Crippen molar-refractivity contribution in [2.45, 2.75) is 82.2 Å². The molecule has 0 amide bonds. The van der Waals surface area contributed by atoms with Crippen molar-refractivity contribution in [1.82, 2.24) is 0 Å². The van der Waals surface area contributed by atoms with Crippen LogP contribution >= 0.6 is 0 Å². The van der Waals surface area contributed by atoms with Crippen LogP contribution in [-0.4, -0.2) is 86.9 Å². The third kappa shape index (κ3) is 3.71. The highest BCUT2D eigenvalue weighted by atomic mass is 16.8. The molecule has 4 fully saturated rings. The number of carbonyl (C=O) groups excluding carboxylic acids is 2. The van der Waals surface area contributed by atoms with Gasteiger partial charge in [0, 0.05) is 14.0 Å². The molecule has 0 saturated carbocycles. The molecule has 0 spiro atoms. The van der Waals surface area contributed by atoms with Crippen molar-refractivity contribution in [3.05, 3.63) is 0 Å². The quantitative estimate of drug-likeness (QED) is 0.580. The molecule has 164 valence electrons. The van der Waals surface area contributed by atoms with Gasteiger partial charge < -0.3 is 42.6 Å². The fourth-order valence-corrected chi connectivity index (χ4v) is 4.25. The van der Waals surface area contributed by atoms with Crippen molar-refractivity contribution in [1.29, 1.82) is 0 Å². The molecule has 0 N–H and O–H groups in total. The lowest BCUT2D eigenvalue weighted by Crippen LogP contribution is -2.58. The predicted molar refractivity (Wildman–Crippen MR) is 90.5 cm³/mol. The largest absolute Gasteiger partial charge is 0.509 e. The lowest BCUT2D eigenvalue weighted by molar-refractivity contribution is -0.286. The van der Waals surface area contributed by atoms with E-state index in [1.165, 1.54) is 14.0 Å². The van der Waals surface area contributed by atoms with Crippen LogP contribution in [0, 0.1) is 0 Å². The van der Waals surface area contributed by atoms with E-state index in [-0.39, 0.29) is 13.2 Å². The van der Waals surface area contributed by atoms with Crippen LogP contribution in [0.4, 0.5) is 4.79 Å². The van der Waals surface area contributed by atoms with Crippen LogP contribution in [0.2, 0.25) is 0 Å². The van der Waals surface area contributed by atoms with Crippen LogP contribution in [0.5, 0.6) is 0 Å². The first-order valence-corrected chi connectivity index (χ1v) is 9.48. The maximum absolute atomic E-state index is 11.7. The van der Waals surface area contributed by atoms with Crippen LogP contribution in [0.3, 0.4) is 0 Å². The molecule has 29 heavy (non-hydrogen) atoms. The number of fused-ring (bicyclic) bond motifs is 2. The number of hydrogen-bond acceptors (Lipinski definition) is 11. The van der Waals surface area contributed by atoms with Gasteiger partial charge in [-0.05, 0) is 20.8 Å². The predicted octanol–water partition coefficient (Wildman–Crippen LogP) is 0.477. The van der Waals surface area contributed by atoms with Gasteiger partial charge in [-0.25, -0.2) is 4.79 Å². The van der Waals surface area contributed by atoms with Gasteiger partial charge in [-0.3, -0.25) is 4.79 Å². The maximum Gasteiger partial charge on any atom is 0.509 e. The van der Waals surface area contributed by atoms with Crippen LogP contribution < -0.4 is 0 Å². The molecule has 11 nitrogen and oxygen atoms in total. The van der Waals surface area contributed by atoms with Gasteiger partial charge in [-0.2, -0.15) is 0 Å². The zero-order valence-corrected chi connectivity index (χ0v) is 16.9. The third-order valence-electron chi connectivity index (χ3n) is 5.34. The fraction of sp³-hybridized carbons (Fsp3) is 0.889. The van der Waals surface area contributed by atoms with Crippen LogP contribution in [0.25, 0.3) is 0 Å². The Morgan fingerprint density at radius 3 is 2.62 bits per heavy atom. The van der Waals surface area contributed by atoms with Crippen molar-refractivity contribution >= 4 is 12.1 Å². The standard InChI is InChI=1S/C18H26O11/c1-8-10(25-9(2)19)11-12(27-16(20)26-11)14(24-8)22-6-18-7-23-15(21-5)13(18)28-17(3,4)29-18/h8,10-15H,6-7H2,1-5H3/t8-,10-,11+,12+,13-,14-,15+,18+/m0/s1. The van der Waals surface area contributed by atoms with Crippen molar-refractivity contribution in [2.24, 2.45) is 0 Å². The first-order chi connectivity index (χ1) is 13.6. The van der Waals surface area contributed by atoms with E-state index in [1.807, 2.05) is 0 Å². The van der Waals surface area contributed by atoms with Crippen LogP contribution in [0.15, 0.2) is 0 Å². The molecule has 4 saturated heterocycles. The SMILES string of the molecule is CO[C@@H]1OC[C@@]2(CO[C@H]3O[C@@H](C)[C@H](OC(C)=O)[C@H]4OC(=O)O[C@@H]34)OC(C)(C)O[C@@H]12. The summed E-state index contributed by atoms with van der Waals surface area (Å²) in [6.07, 6.45) is -6.03. The number of ether oxygens (including phenoxy) is 9. The van der Waals surface area contributed by atoms with Gasteiger partial charge >= 0.3 is 12.1 Å². The van der Waals surface area contributed by atoms with Gasteiger partial charge in [-0.1, -0.05) is 0 Å². The maximum atomic E-state index is 11.7. The second-order valence-electron chi connectivity index (χ2n) is 8.03. The molecule has 0 bridgehead atoms. The van der Waals surface area contributed by atoms with Gasteiger partial charge in [0.2, 0.25) is 0 Å². The summed E-state index contributed by atoms with van der Waals surface area (Å²) in [5.41, 5.74) is -0.914. The zero-order chi connectivity index (χ0) is 21.0. The normalized spacial score (nSPS) is 45.3. The van der Waals surface area contributed by atoms with Gasteiger partial charge in [0.1, 0.15) is 11.7 Å². The summed E-state index contributed by atoms with van der Waals surface area (Å²) in [5.74, 6) is -1.36. The summed E-state index contributed by atoms with van der Waals surface area (Å²) in [6.45, 7) is 6.80. The highest BCUT2D eigenvalue weighted by Crippen LogP contribution is 2.44. The molecular formula is C18H26O11. The average Bonchev–Trinajstić information content (AvgIpc) is 3.24. The lowest BCUT2D eigenvalue weighted by atomic mass is 9.98. The Hall–Kier alpha value is -1.50. The zero-order valence-electron chi connectivity index (χ0n) is 16.9. The number of methoxy groups -OCH3 is 1. The van der Waals surface area contributed by atoms with Crippen molar-refractivity contribution in [2.75, 3.05) is 20.3 Å². The van der Waals surface area contributed by atoms with Crippen LogP contribution in [0.1, 0.15) is 27.7 Å². The molecule has 0 radical (unpaired) electrons. The van der Waals surface area contributed by atoms with Gasteiger partial charge in [-0.15, -0.1) is 0 Å². The molecule has 0 aromatic heterocycles. The molecule has 8 atom stereocenters. The van der Waals surface area contributed by atoms with Crippen molar-refractivity contribution < 1.29 is 52.2 Å². The Bertz CT molecular complexity index is 666. The molecule has 0 aliphatic carbocycles. The van der Waals surface area contributed by atoms with E-state index in [1.54, 1.807) is 20.8 Å². The average molecular weight is 418 g/mol. The Kier molecular flexibility index (Phi) is 5.24. The Morgan fingerprint density at radius 2 is 1.93 bits per heavy atom. The Morgan fingerprint density at radius 1 is 1.21 bits per heavy atom. The Labute approximate surface area is 167 Å².